The van der Waals surface area contributed by atoms with Crippen molar-refractivity contribution in [1.82, 2.24) is 14.5 Å². The van der Waals surface area contributed by atoms with Crippen molar-refractivity contribution in [1.29, 1.82) is 0 Å². The van der Waals surface area contributed by atoms with E-state index < -0.39 is 17.7 Å². The van der Waals surface area contributed by atoms with Crippen molar-refractivity contribution < 1.29 is 22.7 Å². The summed E-state index contributed by atoms with van der Waals surface area (Å²) in [6.07, 6.45) is -4.84. The minimum absolute atomic E-state index is 0.0639. The summed E-state index contributed by atoms with van der Waals surface area (Å²) >= 11 is 4.37. The summed E-state index contributed by atoms with van der Waals surface area (Å²) < 4.78 is 43.8. The topological polar surface area (TPSA) is 89.0 Å². The normalized spacial score (nSPS) is 11.7. The summed E-state index contributed by atoms with van der Waals surface area (Å²) in [5.74, 6) is -0.806. The maximum atomic E-state index is 13.6. The van der Waals surface area contributed by atoms with Crippen LogP contribution in [0.4, 0.5) is 18.9 Å². The molecule has 2 heterocycles. The van der Waals surface area contributed by atoms with Gasteiger partial charge in [0.25, 0.3) is 5.56 Å². The number of thioether (sulfide) groups is 1. The van der Waals surface area contributed by atoms with Gasteiger partial charge in [-0.3, -0.25) is 14.2 Å². The fraction of sp³-hybridized carbons (Fsp3) is 0.0800. The smallest absolute Gasteiger partial charge is 0.406 e. The molecule has 2 aromatic heterocycles. The number of amides is 1. The Balaban J connectivity index is 1.53. The third-order valence-electron chi connectivity index (χ3n) is 5.28. The van der Waals surface area contributed by atoms with Crippen molar-refractivity contribution in [3.05, 3.63) is 87.6 Å². The van der Waals surface area contributed by atoms with Gasteiger partial charge in [-0.1, -0.05) is 45.9 Å². The number of aromatic amines is 1. The lowest BCUT2D eigenvalue weighted by Gasteiger charge is -2.13. The van der Waals surface area contributed by atoms with E-state index in [4.69, 9.17) is 0 Å². The van der Waals surface area contributed by atoms with E-state index in [1.165, 1.54) is 16.7 Å². The lowest BCUT2D eigenvalue weighted by atomic mass is 10.2. The molecule has 2 N–H and O–H groups in total. The van der Waals surface area contributed by atoms with Crippen molar-refractivity contribution in [2.45, 2.75) is 11.5 Å². The Labute approximate surface area is 219 Å². The largest absolute Gasteiger partial charge is 0.573 e. The number of hydrogen-bond acceptors (Lipinski definition) is 5. The number of nitrogens with zero attached hydrogens (tertiary/aromatic N) is 2. The monoisotopic (exact) mass is 588 g/mol. The van der Waals surface area contributed by atoms with E-state index in [0.29, 0.717) is 16.7 Å². The molecule has 7 nitrogen and oxygen atoms in total. The van der Waals surface area contributed by atoms with Gasteiger partial charge in [-0.2, -0.15) is 0 Å². The van der Waals surface area contributed by atoms with Crippen LogP contribution in [-0.4, -0.2) is 32.6 Å². The highest BCUT2D eigenvalue weighted by molar-refractivity contribution is 9.10. The van der Waals surface area contributed by atoms with E-state index in [9.17, 15) is 22.8 Å². The molecule has 0 saturated heterocycles. The lowest BCUT2D eigenvalue weighted by molar-refractivity contribution is -0.274. The number of H-pyrrole nitrogens is 1. The first-order chi connectivity index (χ1) is 17.7. The van der Waals surface area contributed by atoms with Crippen molar-refractivity contribution in [2.24, 2.45) is 0 Å². The summed E-state index contributed by atoms with van der Waals surface area (Å²) in [5, 5.41) is 3.72. The summed E-state index contributed by atoms with van der Waals surface area (Å²) in [6, 6.07) is 19.2. The van der Waals surface area contributed by atoms with Crippen LogP contribution in [0.25, 0.3) is 27.6 Å². The second-order valence-corrected chi connectivity index (χ2v) is 9.67. The van der Waals surface area contributed by atoms with Crippen LogP contribution in [0.2, 0.25) is 0 Å². The number of halogens is 4. The molecule has 1 amide bonds. The Hall–Kier alpha value is -3.77. The molecular formula is C25H16BrF3N4O3S. The number of aromatic nitrogens is 3. The van der Waals surface area contributed by atoms with E-state index in [2.05, 4.69) is 36.0 Å². The number of ether oxygens (including phenoxy) is 1. The molecule has 0 spiro atoms. The molecular weight excluding hydrogens is 573 g/mol. The van der Waals surface area contributed by atoms with Crippen LogP contribution in [0.5, 0.6) is 5.75 Å². The van der Waals surface area contributed by atoms with Gasteiger partial charge in [-0.15, -0.1) is 13.2 Å². The molecule has 0 atom stereocenters. The van der Waals surface area contributed by atoms with Gasteiger partial charge in [-0.05, 0) is 54.6 Å². The summed E-state index contributed by atoms with van der Waals surface area (Å²) in [7, 11) is 0. The van der Waals surface area contributed by atoms with Gasteiger partial charge in [-0.25, -0.2) is 4.98 Å². The zero-order valence-electron chi connectivity index (χ0n) is 18.7. The molecule has 0 fully saturated rings. The number of fused-ring (bicyclic) bond motifs is 3. The summed E-state index contributed by atoms with van der Waals surface area (Å²) in [5.41, 5.74) is 1.79. The number of alkyl halides is 3. The molecule has 37 heavy (non-hydrogen) atoms. The number of nitrogens with one attached hydrogen (secondary N) is 2. The summed E-state index contributed by atoms with van der Waals surface area (Å²) in [6.45, 7) is 0. The minimum Gasteiger partial charge on any atom is -0.406 e. The Morgan fingerprint density at radius 2 is 1.76 bits per heavy atom. The van der Waals surface area contributed by atoms with Gasteiger partial charge < -0.3 is 15.0 Å². The number of anilines is 1. The van der Waals surface area contributed by atoms with Gasteiger partial charge in [0.2, 0.25) is 5.91 Å². The Kier molecular flexibility index (Phi) is 6.69. The van der Waals surface area contributed by atoms with Gasteiger partial charge in [0.05, 0.1) is 11.4 Å². The van der Waals surface area contributed by atoms with Crippen LogP contribution >= 0.6 is 27.7 Å². The SMILES string of the molecule is O=C(CSc1nc2c([nH]c3ccccc32)c(=O)n1-c1ccc(OC(F)(F)F)cc1)Nc1ccc(Br)cc1. The third-order valence-corrected chi connectivity index (χ3v) is 6.75. The number of rotatable bonds is 6. The minimum atomic E-state index is -4.84. The van der Waals surface area contributed by atoms with Crippen molar-refractivity contribution >= 4 is 61.2 Å². The fourth-order valence-corrected chi connectivity index (χ4v) is 4.79. The maximum Gasteiger partial charge on any atom is 0.573 e. The highest BCUT2D eigenvalue weighted by Gasteiger charge is 2.31. The van der Waals surface area contributed by atoms with Crippen molar-refractivity contribution in [3.8, 4) is 11.4 Å². The van der Waals surface area contributed by atoms with Crippen LogP contribution in [0.3, 0.4) is 0 Å². The molecule has 0 bridgehead atoms. The average Bonchev–Trinajstić information content (AvgIpc) is 3.23. The molecule has 0 aliphatic rings. The quantitative estimate of drug-likeness (QED) is 0.180. The predicted molar refractivity (Wildman–Crippen MR) is 139 cm³/mol. The highest BCUT2D eigenvalue weighted by atomic mass is 79.9. The van der Waals surface area contributed by atoms with Crippen LogP contribution < -0.4 is 15.6 Å². The van der Waals surface area contributed by atoms with Gasteiger partial charge in [0, 0.05) is 21.1 Å². The number of carbonyl (C=O) groups excluding carboxylic acids is 1. The van der Waals surface area contributed by atoms with Gasteiger partial charge in [0.15, 0.2) is 5.16 Å². The molecule has 0 aliphatic heterocycles. The van der Waals surface area contributed by atoms with Crippen LogP contribution in [0.1, 0.15) is 0 Å². The van der Waals surface area contributed by atoms with Crippen LogP contribution in [0.15, 0.2) is 87.2 Å². The zero-order chi connectivity index (χ0) is 26.2. The molecule has 0 saturated carbocycles. The molecule has 0 unspecified atom stereocenters. The van der Waals surface area contributed by atoms with E-state index in [1.807, 2.05) is 24.3 Å². The first kappa shape index (κ1) is 24.9. The van der Waals surface area contributed by atoms with E-state index in [1.54, 1.807) is 24.3 Å². The molecule has 3 aromatic carbocycles. The first-order valence-electron chi connectivity index (χ1n) is 10.8. The standard InChI is InChI=1S/C25H16BrF3N4O3S/c26-14-5-7-15(8-6-14)30-20(34)13-37-24-32-21-18-3-1-2-4-19(18)31-22(21)23(35)33(24)16-9-11-17(12-10-16)36-25(27,28)29/h1-12,31H,13H2,(H,30,34). The van der Waals surface area contributed by atoms with Crippen molar-refractivity contribution in [2.75, 3.05) is 11.1 Å². The molecule has 0 aliphatic carbocycles. The Morgan fingerprint density at radius 1 is 1.05 bits per heavy atom. The fourth-order valence-electron chi connectivity index (χ4n) is 3.72. The molecule has 188 valence electrons. The molecule has 0 radical (unpaired) electrons. The van der Waals surface area contributed by atoms with Crippen LogP contribution in [-0.2, 0) is 4.79 Å². The second-order valence-electron chi connectivity index (χ2n) is 7.81. The van der Waals surface area contributed by atoms with E-state index in [-0.39, 0.29) is 28.0 Å². The number of benzene rings is 3. The predicted octanol–water partition coefficient (Wildman–Crippen LogP) is 6.26. The summed E-state index contributed by atoms with van der Waals surface area (Å²) in [4.78, 5) is 33.9. The number of hydrogen-bond donors (Lipinski definition) is 2. The van der Waals surface area contributed by atoms with Gasteiger partial charge >= 0.3 is 6.36 Å². The Morgan fingerprint density at radius 3 is 2.46 bits per heavy atom. The first-order valence-corrected chi connectivity index (χ1v) is 12.5. The molecule has 12 heteroatoms. The van der Waals surface area contributed by atoms with Crippen LogP contribution in [0, 0.1) is 0 Å². The van der Waals surface area contributed by atoms with Gasteiger partial charge in [0.1, 0.15) is 16.8 Å². The zero-order valence-corrected chi connectivity index (χ0v) is 21.1. The number of para-hydroxylation sites is 1. The number of carbonyl (C=O) groups is 1. The average molecular weight is 589 g/mol. The maximum absolute atomic E-state index is 13.6. The van der Waals surface area contributed by atoms with Crippen molar-refractivity contribution in [3.63, 3.8) is 0 Å². The van der Waals surface area contributed by atoms with E-state index >= 15 is 0 Å². The second kappa shape index (κ2) is 9.94. The lowest BCUT2D eigenvalue weighted by Crippen LogP contribution is -2.23. The highest BCUT2D eigenvalue weighted by Crippen LogP contribution is 2.28. The van der Waals surface area contributed by atoms with E-state index in [0.717, 1.165) is 33.8 Å². The molecule has 5 aromatic rings. The Bertz CT molecular complexity index is 1670. The molecule has 5 rings (SSSR count). The third kappa shape index (κ3) is 5.49.